The van der Waals surface area contributed by atoms with Crippen LogP contribution < -0.4 is 10.1 Å². The summed E-state index contributed by atoms with van der Waals surface area (Å²) in [6.45, 7) is 5.64. The van der Waals surface area contributed by atoms with Crippen LogP contribution in [-0.2, 0) is 6.54 Å². The molecule has 2 aromatic heterocycles. The van der Waals surface area contributed by atoms with E-state index in [1.807, 2.05) is 22.4 Å². The van der Waals surface area contributed by atoms with Gasteiger partial charge in [0.1, 0.15) is 11.8 Å². The monoisotopic (exact) mass is 607 g/mol. The number of fused-ring (bicyclic) bond motifs is 1. The number of rotatable bonds is 7. The highest BCUT2D eigenvalue weighted by atomic mass is 127. The molecule has 9 heteroatoms. The molecule has 0 radical (unpaired) electrons. The summed E-state index contributed by atoms with van der Waals surface area (Å²) in [4.78, 5) is 0. The lowest BCUT2D eigenvalue weighted by Gasteiger charge is -2.16. The van der Waals surface area contributed by atoms with Crippen LogP contribution in [-0.4, -0.2) is 39.0 Å². The molecule has 142 valence electrons. The third-order valence-corrected chi connectivity index (χ3v) is 6.27. The minimum absolute atomic E-state index is 0.0444. The van der Waals surface area contributed by atoms with E-state index in [0.717, 1.165) is 46.7 Å². The molecular weight excluding hydrogens is 587 g/mol. The Morgan fingerprint density at radius 3 is 2.89 bits per heavy atom. The molecule has 1 aromatic carbocycles. The minimum atomic E-state index is 0.0444. The summed E-state index contributed by atoms with van der Waals surface area (Å²) >= 11 is 4.39. The van der Waals surface area contributed by atoms with Gasteiger partial charge in [-0.05, 0) is 70.5 Å². The van der Waals surface area contributed by atoms with Gasteiger partial charge < -0.3 is 10.1 Å². The van der Waals surface area contributed by atoms with Crippen molar-refractivity contribution < 1.29 is 4.74 Å². The van der Waals surface area contributed by atoms with Crippen molar-refractivity contribution in [2.75, 3.05) is 13.6 Å². The van der Waals surface area contributed by atoms with E-state index in [0.29, 0.717) is 6.37 Å². The Bertz CT molecular complexity index is 1000. The molecule has 0 saturated carbocycles. The summed E-state index contributed by atoms with van der Waals surface area (Å²) in [7, 11) is 1.92. The summed E-state index contributed by atoms with van der Waals surface area (Å²) in [5.41, 5.74) is 3.94. The Hall–Kier alpha value is -0.890. The first-order chi connectivity index (χ1) is 13.1. The molecule has 0 saturated heterocycles. The number of likely N-dealkylation sites (N-methyl/N-ethyl adjacent to an activating group) is 1. The number of ether oxygens (including phenoxy) is 1. The fourth-order valence-corrected chi connectivity index (χ4v) is 4.71. The molecule has 3 aromatic rings. The number of nitrogens with one attached hydrogen (secondary N) is 1. The first-order valence-corrected chi connectivity index (χ1v) is 13.6. The Labute approximate surface area is 187 Å². The first kappa shape index (κ1) is 20.8. The summed E-state index contributed by atoms with van der Waals surface area (Å²) in [5.74, 6) is 3.90. The third-order valence-electron chi connectivity index (χ3n) is 4.13. The predicted molar refractivity (Wildman–Crippen MR) is 129 cm³/mol. The Morgan fingerprint density at radius 2 is 2.22 bits per heavy atom. The molecule has 0 spiro atoms. The van der Waals surface area contributed by atoms with Crippen LogP contribution in [0.2, 0.25) is 0 Å². The van der Waals surface area contributed by atoms with Crippen LogP contribution in [0.4, 0.5) is 0 Å². The Morgan fingerprint density at radius 1 is 1.41 bits per heavy atom. The molecule has 2 heterocycles. The molecule has 0 aliphatic rings. The molecule has 0 amide bonds. The van der Waals surface area contributed by atoms with Crippen LogP contribution in [0.25, 0.3) is 22.0 Å². The predicted octanol–water partition coefficient (Wildman–Crippen LogP) is 4.44. The standard InChI is InChI=1S/C18H20I2N5OP/c1-4-24-18(26-12(2)10-21-3)15(11-22-24)13-5-6-17-14(9-13)16(7-8-19)23-25(17)27-20/h5-6,9,11-12,21,27H,4,10H2,1-3H3. The van der Waals surface area contributed by atoms with E-state index in [1.165, 1.54) is 0 Å². The van der Waals surface area contributed by atoms with Crippen LogP contribution in [0.1, 0.15) is 19.5 Å². The fourth-order valence-electron chi connectivity index (χ4n) is 2.93. The number of halogens is 2. The number of nitrogens with zero attached hydrogens (tertiary/aromatic N) is 4. The zero-order valence-corrected chi connectivity index (χ0v) is 20.6. The van der Waals surface area contributed by atoms with Crippen LogP contribution in [0.15, 0.2) is 24.4 Å². The molecular formula is C18H20I2N5OP. The molecule has 0 aliphatic carbocycles. The lowest BCUT2D eigenvalue weighted by molar-refractivity contribution is 0.200. The maximum Gasteiger partial charge on any atom is 0.220 e. The van der Waals surface area contributed by atoms with Gasteiger partial charge in [0.2, 0.25) is 5.88 Å². The summed E-state index contributed by atoms with van der Waals surface area (Å²) in [6.07, 6.45) is 2.45. The highest BCUT2D eigenvalue weighted by Gasteiger charge is 2.18. The largest absolute Gasteiger partial charge is 0.473 e. The third kappa shape index (κ3) is 4.42. The molecule has 6 nitrogen and oxygen atoms in total. The molecule has 3 rings (SSSR count). The maximum absolute atomic E-state index is 6.21. The molecule has 27 heavy (non-hydrogen) atoms. The van der Waals surface area contributed by atoms with Crippen LogP contribution in [0.5, 0.6) is 5.88 Å². The molecule has 0 fully saturated rings. The lowest BCUT2D eigenvalue weighted by atomic mass is 10.1. The van der Waals surface area contributed by atoms with E-state index < -0.39 is 0 Å². The summed E-state index contributed by atoms with van der Waals surface area (Å²) < 4.78 is 13.0. The Balaban J connectivity index is 2.10. The van der Waals surface area contributed by atoms with E-state index in [9.17, 15) is 0 Å². The minimum Gasteiger partial charge on any atom is -0.473 e. The van der Waals surface area contributed by atoms with Crippen molar-refractivity contribution in [2.45, 2.75) is 26.5 Å². The van der Waals surface area contributed by atoms with Crippen LogP contribution in [0.3, 0.4) is 0 Å². The van der Waals surface area contributed by atoms with Gasteiger partial charge in [0, 0.05) is 41.1 Å². The molecule has 2 atom stereocenters. The SMILES string of the molecule is CCn1ncc(-c2ccc3c(c2)c(C#CI)nn3PI)c1OC(C)CNC. The van der Waals surface area contributed by atoms with Gasteiger partial charge in [0.05, 0.1) is 23.7 Å². The van der Waals surface area contributed by atoms with Crippen molar-refractivity contribution in [3.05, 3.63) is 30.1 Å². The van der Waals surface area contributed by atoms with Crippen molar-refractivity contribution in [2.24, 2.45) is 0 Å². The van der Waals surface area contributed by atoms with Crippen LogP contribution in [0, 0.1) is 9.85 Å². The number of hydrogen-bond acceptors (Lipinski definition) is 4. The molecule has 2 unspecified atom stereocenters. The van der Waals surface area contributed by atoms with Crippen molar-refractivity contribution in [1.29, 1.82) is 0 Å². The second-order valence-electron chi connectivity index (χ2n) is 5.96. The normalized spacial score (nSPS) is 12.5. The van der Waals surface area contributed by atoms with Gasteiger partial charge >= 0.3 is 0 Å². The zero-order valence-electron chi connectivity index (χ0n) is 15.3. The van der Waals surface area contributed by atoms with Crippen molar-refractivity contribution in [1.82, 2.24) is 24.6 Å². The van der Waals surface area contributed by atoms with E-state index >= 15 is 0 Å². The molecule has 0 bridgehead atoms. The number of aryl methyl sites for hydroxylation is 1. The second-order valence-corrected chi connectivity index (χ2v) is 8.54. The van der Waals surface area contributed by atoms with Gasteiger partial charge in [-0.15, -0.1) is 0 Å². The topological polar surface area (TPSA) is 56.9 Å². The quantitative estimate of drug-likeness (QED) is 0.245. The van der Waals surface area contributed by atoms with Gasteiger partial charge in [0.25, 0.3) is 0 Å². The van der Waals surface area contributed by atoms with E-state index in [2.05, 4.69) is 102 Å². The summed E-state index contributed by atoms with van der Waals surface area (Å²) in [6, 6.07) is 6.34. The smallest absolute Gasteiger partial charge is 0.220 e. The van der Waals surface area contributed by atoms with Crippen molar-refractivity contribution >= 4 is 61.9 Å². The van der Waals surface area contributed by atoms with Gasteiger partial charge in [-0.3, -0.25) is 0 Å². The van der Waals surface area contributed by atoms with E-state index in [-0.39, 0.29) is 6.10 Å². The maximum atomic E-state index is 6.21. The highest BCUT2D eigenvalue weighted by molar-refractivity contribution is 14.2. The van der Waals surface area contributed by atoms with E-state index in [1.54, 1.807) is 0 Å². The highest BCUT2D eigenvalue weighted by Crippen LogP contribution is 2.36. The summed E-state index contributed by atoms with van der Waals surface area (Å²) in [5, 5.41) is 13.3. The average Bonchev–Trinajstić information content (AvgIpc) is 3.23. The number of hydrogen-bond donors (Lipinski definition) is 1. The molecule has 1 N–H and O–H groups in total. The second kappa shape index (κ2) is 9.54. The molecule has 0 aliphatic heterocycles. The van der Waals surface area contributed by atoms with Crippen molar-refractivity contribution in [3.63, 3.8) is 0 Å². The average molecular weight is 607 g/mol. The Kier molecular flexibility index (Phi) is 7.36. The lowest BCUT2D eigenvalue weighted by Crippen LogP contribution is -2.27. The van der Waals surface area contributed by atoms with Gasteiger partial charge in [-0.1, -0.05) is 6.07 Å². The number of benzene rings is 1. The van der Waals surface area contributed by atoms with Gasteiger partial charge in [-0.25, -0.2) is 9.13 Å². The first-order valence-electron chi connectivity index (χ1n) is 8.51. The van der Waals surface area contributed by atoms with E-state index in [4.69, 9.17) is 4.74 Å². The fraction of sp³-hybridized carbons (Fsp3) is 0.333. The van der Waals surface area contributed by atoms with Gasteiger partial charge in [-0.2, -0.15) is 10.2 Å². The van der Waals surface area contributed by atoms with Gasteiger partial charge in [0.15, 0.2) is 0 Å². The number of aromatic nitrogens is 4. The zero-order chi connectivity index (χ0) is 19.4. The van der Waals surface area contributed by atoms with Crippen molar-refractivity contribution in [3.8, 4) is 26.9 Å². The van der Waals surface area contributed by atoms with Crippen LogP contribution >= 0.6 is 51.0 Å².